The van der Waals surface area contributed by atoms with Gasteiger partial charge >= 0.3 is 0 Å². The summed E-state index contributed by atoms with van der Waals surface area (Å²) in [5.41, 5.74) is 22.1. The predicted octanol–water partition coefficient (Wildman–Crippen LogP) is 13.4. The highest BCUT2D eigenvalue weighted by molar-refractivity contribution is 5.82. The molecule has 2 aromatic rings. The van der Waals surface area contributed by atoms with Crippen molar-refractivity contribution in [3.8, 4) is 0 Å². The Hall–Kier alpha value is -2.48. The van der Waals surface area contributed by atoms with E-state index in [0.717, 1.165) is 37.1 Å². The van der Waals surface area contributed by atoms with Gasteiger partial charge in [0.25, 0.3) is 0 Å². The van der Waals surface area contributed by atoms with Crippen molar-refractivity contribution in [1.82, 2.24) is 0 Å². The van der Waals surface area contributed by atoms with Crippen LogP contribution < -0.4 is 0 Å². The number of nitrogens with zero attached hydrogens (tertiary/aromatic N) is 2. The van der Waals surface area contributed by atoms with Crippen molar-refractivity contribution < 1.29 is 4.70 Å². The second-order valence-corrected chi connectivity index (χ2v) is 13.0. The van der Waals surface area contributed by atoms with Crippen molar-refractivity contribution in [3.05, 3.63) is 87.5 Å². The Bertz CT molecular complexity index is 1170. The van der Waals surface area contributed by atoms with Crippen molar-refractivity contribution in [2.24, 2.45) is 0 Å². The van der Waals surface area contributed by atoms with Crippen molar-refractivity contribution in [3.63, 3.8) is 0 Å². The van der Waals surface area contributed by atoms with Crippen molar-refractivity contribution in [1.29, 1.82) is 0 Å². The van der Waals surface area contributed by atoms with E-state index in [-0.39, 0.29) is 0 Å². The fourth-order valence-corrected chi connectivity index (χ4v) is 6.68. The Morgan fingerprint density at radius 2 is 0.791 bits per heavy atom. The van der Waals surface area contributed by atoms with E-state index in [2.05, 4.69) is 76.2 Å². The molecule has 0 N–H and O–H groups in total. The summed E-state index contributed by atoms with van der Waals surface area (Å²) in [6.45, 7) is 9.13. The van der Waals surface area contributed by atoms with E-state index in [9.17, 15) is 5.53 Å². The zero-order chi connectivity index (χ0) is 30.7. The Morgan fingerprint density at radius 3 is 1.26 bits per heavy atom. The minimum absolute atomic E-state index is 1.03. The van der Waals surface area contributed by atoms with E-state index >= 15 is 0 Å². The van der Waals surface area contributed by atoms with E-state index in [1.165, 1.54) is 143 Å². The zero-order valence-corrected chi connectivity index (χ0v) is 28.4. The topological polar surface area (TPSA) is 25.3 Å². The van der Waals surface area contributed by atoms with Gasteiger partial charge in [-0.05, 0) is 86.8 Å². The number of rotatable bonds is 23. The van der Waals surface area contributed by atoms with Gasteiger partial charge in [-0.15, -0.1) is 0 Å². The average molecular weight is 583 g/mol. The number of unbranched alkanes of at least 4 members (excludes halogenated alkanes) is 13. The Balaban J connectivity index is 1.95. The van der Waals surface area contributed by atoms with Crippen molar-refractivity contribution in [2.45, 2.75) is 163 Å². The SMILES string of the molecule is CCCCCCCCc1cccc(C2=C(CCCCCC)C(CCCCC)=C(c3cccc(CCCCCC)c3)[N+]2=[N-])c1. The summed E-state index contributed by atoms with van der Waals surface area (Å²) in [7, 11) is 0. The first-order valence-corrected chi connectivity index (χ1v) is 18.3. The summed E-state index contributed by atoms with van der Waals surface area (Å²) in [4.78, 5) is 0. The maximum atomic E-state index is 12.1. The Kier molecular flexibility index (Phi) is 16.7. The molecule has 43 heavy (non-hydrogen) atoms. The quantitative estimate of drug-likeness (QED) is 0.0920. The fraction of sp³-hybridized carbons (Fsp3) is 0.610. The van der Waals surface area contributed by atoms with Crippen LogP contribution in [0, 0.1) is 0 Å². The maximum Gasteiger partial charge on any atom is 0.211 e. The molecule has 2 heteroatoms. The number of hydrogen-bond donors (Lipinski definition) is 0. The van der Waals surface area contributed by atoms with E-state index in [0.29, 0.717) is 0 Å². The molecule has 236 valence electrons. The number of hydrogen-bond acceptors (Lipinski definition) is 0. The molecule has 0 bridgehead atoms. The lowest BCUT2D eigenvalue weighted by Gasteiger charge is -2.12. The van der Waals surface area contributed by atoms with Crippen LogP contribution in [0.4, 0.5) is 0 Å². The second-order valence-electron chi connectivity index (χ2n) is 13.0. The van der Waals surface area contributed by atoms with Crippen LogP contribution in [-0.2, 0) is 12.8 Å². The van der Waals surface area contributed by atoms with Gasteiger partial charge in [-0.25, -0.2) is 4.70 Å². The highest BCUT2D eigenvalue weighted by Gasteiger charge is 2.35. The lowest BCUT2D eigenvalue weighted by molar-refractivity contribution is -0.345. The van der Waals surface area contributed by atoms with Gasteiger partial charge in [-0.2, -0.15) is 0 Å². The predicted molar refractivity (Wildman–Crippen MR) is 188 cm³/mol. The minimum atomic E-state index is 1.03. The number of benzene rings is 2. The molecule has 0 saturated heterocycles. The smallest absolute Gasteiger partial charge is 0.211 e. The standard InChI is InChI=1S/C41H62N2/c1-5-9-13-16-17-20-25-35-27-23-29-37(33-35)41-39(31-21-15-11-7-3)38(30-18-12-8-4)40(43(41)42)36-28-22-26-34(32-36)24-19-14-10-6-2/h22-23,26-29,32-33H,5-21,24-25,30-31H2,1-4H3. The zero-order valence-electron chi connectivity index (χ0n) is 28.4. The van der Waals surface area contributed by atoms with E-state index in [1.807, 2.05) is 0 Å². The molecule has 0 aliphatic carbocycles. The van der Waals surface area contributed by atoms with Gasteiger partial charge in [0, 0.05) is 22.3 Å². The molecule has 2 aromatic carbocycles. The molecule has 1 aliphatic rings. The first kappa shape index (κ1) is 35.0. The Labute approximate surface area is 265 Å². The van der Waals surface area contributed by atoms with E-state index in [4.69, 9.17) is 0 Å². The maximum absolute atomic E-state index is 12.1. The summed E-state index contributed by atoms with van der Waals surface area (Å²) >= 11 is 0. The van der Waals surface area contributed by atoms with Crippen LogP contribution in [0.15, 0.2) is 59.7 Å². The third-order valence-corrected chi connectivity index (χ3v) is 9.21. The molecule has 0 unspecified atom stereocenters. The molecule has 0 atom stereocenters. The largest absolute Gasteiger partial charge is 0.493 e. The molecule has 1 aliphatic heterocycles. The van der Waals surface area contributed by atoms with Gasteiger partial charge in [0.1, 0.15) is 0 Å². The van der Waals surface area contributed by atoms with Crippen LogP contribution in [0.2, 0.25) is 0 Å². The van der Waals surface area contributed by atoms with Gasteiger partial charge in [-0.3, -0.25) is 0 Å². The molecule has 3 rings (SSSR count). The van der Waals surface area contributed by atoms with Crippen LogP contribution in [0.25, 0.3) is 16.9 Å². The van der Waals surface area contributed by atoms with Crippen LogP contribution in [0.3, 0.4) is 0 Å². The Morgan fingerprint density at radius 1 is 0.442 bits per heavy atom. The van der Waals surface area contributed by atoms with Crippen molar-refractivity contribution in [2.75, 3.05) is 0 Å². The van der Waals surface area contributed by atoms with Gasteiger partial charge < -0.3 is 5.53 Å². The summed E-state index contributed by atoms with van der Waals surface area (Å²) < 4.78 is 1.59. The molecule has 1 heterocycles. The summed E-state index contributed by atoms with van der Waals surface area (Å²) in [5, 5.41) is 0. The lowest BCUT2D eigenvalue weighted by Crippen LogP contribution is -2.03. The molecule has 0 aromatic heterocycles. The molecule has 0 spiro atoms. The molecule has 0 radical (unpaired) electrons. The third-order valence-electron chi connectivity index (χ3n) is 9.21. The van der Waals surface area contributed by atoms with Gasteiger partial charge in [-0.1, -0.05) is 135 Å². The molecule has 0 fully saturated rings. The van der Waals surface area contributed by atoms with Crippen LogP contribution in [0.5, 0.6) is 0 Å². The van der Waals surface area contributed by atoms with E-state index < -0.39 is 0 Å². The summed E-state index contributed by atoms with van der Waals surface area (Å²) in [5.74, 6) is 0. The van der Waals surface area contributed by atoms with Gasteiger partial charge in [0.15, 0.2) is 0 Å². The van der Waals surface area contributed by atoms with Crippen LogP contribution >= 0.6 is 0 Å². The molecule has 0 amide bonds. The second kappa shape index (κ2) is 20.5. The molecular weight excluding hydrogens is 520 g/mol. The first-order valence-electron chi connectivity index (χ1n) is 18.3. The van der Waals surface area contributed by atoms with E-state index in [1.54, 1.807) is 4.70 Å². The van der Waals surface area contributed by atoms with Crippen LogP contribution in [-0.4, -0.2) is 4.70 Å². The molecule has 2 nitrogen and oxygen atoms in total. The number of allylic oxidation sites excluding steroid dienone is 2. The third kappa shape index (κ3) is 11.2. The van der Waals surface area contributed by atoms with Crippen LogP contribution in [0.1, 0.15) is 172 Å². The molecule has 0 saturated carbocycles. The lowest BCUT2D eigenvalue weighted by atomic mass is 9.91. The van der Waals surface area contributed by atoms with Crippen molar-refractivity contribution >= 4 is 11.4 Å². The fourth-order valence-electron chi connectivity index (χ4n) is 6.68. The monoisotopic (exact) mass is 582 g/mol. The first-order chi connectivity index (χ1) is 21.1. The average Bonchev–Trinajstić information content (AvgIpc) is 3.30. The normalized spacial score (nSPS) is 13.5. The highest BCUT2D eigenvalue weighted by Crippen LogP contribution is 2.45. The summed E-state index contributed by atoms with van der Waals surface area (Å²) in [6, 6.07) is 18.1. The van der Waals surface area contributed by atoms with Gasteiger partial charge in [0.05, 0.1) is 0 Å². The summed E-state index contributed by atoms with van der Waals surface area (Å²) in [6.07, 6.45) is 25.9. The van der Waals surface area contributed by atoms with Gasteiger partial charge in [0.2, 0.25) is 11.4 Å². The number of aryl methyl sites for hydroxylation is 2. The highest BCUT2D eigenvalue weighted by atomic mass is 15.2. The molecular formula is C41H62N2. The minimum Gasteiger partial charge on any atom is -0.493 e.